The molecule has 12 heteroatoms. The van der Waals surface area contributed by atoms with Crippen molar-refractivity contribution >= 4 is 11.8 Å². The van der Waals surface area contributed by atoms with Gasteiger partial charge >= 0.3 is 12.4 Å². The van der Waals surface area contributed by atoms with Gasteiger partial charge in [0.15, 0.2) is 0 Å². The summed E-state index contributed by atoms with van der Waals surface area (Å²) in [6.07, 6.45) is -10.1. The third kappa shape index (κ3) is 7.43. The van der Waals surface area contributed by atoms with Gasteiger partial charge in [-0.1, -0.05) is 6.07 Å². The highest BCUT2D eigenvalue weighted by molar-refractivity contribution is 5.88. The third-order valence-electron chi connectivity index (χ3n) is 7.81. The summed E-state index contributed by atoms with van der Waals surface area (Å²) in [6.45, 7) is 7.48. The van der Waals surface area contributed by atoms with E-state index >= 15 is 0 Å². The van der Waals surface area contributed by atoms with Crippen molar-refractivity contribution < 1.29 is 45.4 Å². The van der Waals surface area contributed by atoms with Crippen molar-refractivity contribution in [3.63, 3.8) is 0 Å². The number of amides is 2. The summed E-state index contributed by atoms with van der Waals surface area (Å²) in [7, 11) is 1.42. The van der Waals surface area contributed by atoms with Crippen molar-refractivity contribution in [1.29, 1.82) is 0 Å². The predicted molar refractivity (Wildman–Crippen MR) is 142 cm³/mol. The van der Waals surface area contributed by atoms with Crippen LogP contribution in [0.5, 0.6) is 0 Å². The van der Waals surface area contributed by atoms with Crippen LogP contribution in [0.2, 0.25) is 0 Å². The van der Waals surface area contributed by atoms with Gasteiger partial charge in [0.2, 0.25) is 11.8 Å². The Morgan fingerprint density at radius 2 is 1.45 bits per heavy atom. The molecule has 232 valence electrons. The number of piperidine rings is 1. The Kier molecular flexibility index (Phi) is 9.13. The highest BCUT2D eigenvalue weighted by Gasteiger charge is 2.44. The number of likely N-dealkylation sites (tertiary alicyclic amines) is 1. The Morgan fingerprint density at radius 1 is 0.929 bits per heavy atom. The number of halogens is 7. The lowest BCUT2D eigenvalue weighted by Gasteiger charge is -2.45. The van der Waals surface area contributed by atoms with Gasteiger partial charge in [-0.15, -0.1) is 0 Å². The molecule has 3 rings (SSSR count). The third-order valence-corrected chi connectivity index (χ3v) is 7.81. The van der Waals surface area contributed by atoms with Crippen LogP contribution < -0.4 is 0 Å². The second-order valence-corrected chi connectivity index (χ2v) is 12.1. The standard InChI is InChI=1S/C30H35F7N2O3/c1-17-11-21(31)7-8-22(17)23-16-39(25(40)15-27(2,3)42)10-9-24(23)38(6)26(41)28(4,5)18-12-19(29(32,33)34)14-20(13-18)30(35,36)37/h7-8,11-14,23-24,42H,9-10,15-16H2,1-6H3/t23-,24+/m1/s1. The van der Waals surface area contributed by atoms with Crippen LogP contribution in [0.15, 0.2) is 36.4 Å². The summed E-state index contributed by atoms with van der Waals surface area (Å²) in [4.78, 5) is 29.7. The molecule has 2 aromatic carbocycles. The van der Waals surface area contributed by atoms with E-state index in [1.165, 1.54) is 62.7 Å². The van der Waals surface area contributed by atoms with Gasteiger partial charge in [0.25, 0.3) is 0 Å². The molecule has 0 aliphatic carbocycles. The molecule has 1 N–H and O–H groups in total. The van der Waals surface area contributed by atoms with E-state index in [1.54, 1.807) is 6.92 Å². The molecule has 5 nitrogen and oxygen atoms in total. The molecular weight excluding hydrogens is 569 g/mol. The molecule has 0 spiro atoms. The van der Waals surface area contributed by atoms with Crippen LogP contribution in [-0.2, 0) is 27.4 Å². The first-order valence-electron chi connectivity index (χ1n) is 13.4. The number of carbonyl (C=O) groups is 2. The normalized spacial score (nSPS) is 18.7. The minimum atomic E-state index is -5.07. The molecule has 0 radical (unpaired) electrons. The molecule has 2 amide bonds. The van der Waals surface area contributed by atoms with Gasteiger partial charge in [-0.2, -0.15) is 26.3 Å². The number of hydrogen-bond donors (Lipinski definition) is 1. The molecule has 0 aromatic heterocycles. The maximum absolute atomic E-state index is 13.9. The molecule has 1 saturated heterocycles. The van der Waals surface area contributed by atoms with Gasteiger partial charge in [-0.3, -0.25) is 9.59 Å². The van der Waals surface area contributed by atoms with Gasteiger partial charge in [0.05, 0.1) is 28.6 Å². The molecule has 2 atom stereocenters. The van der Waals surface area contributed by atoms with Crippen molar-refractivity contribution in [3.8, 4) is 0 Å². The number of aryl methyl sites for hydroxylation is 1. The monoisotopic (exact) mass is 604 g/mol. The average molecular weight is 605 g/mol. The summed E-state index contributed by atoms with van der Waals surface area (Å²) in [5.74, 6) is -2.10. The largest absolute Gasteiger partial charge is 0.416 e. The Hall–Kier alpha value is -3.15. The first-order chi connectivity index (χ1) is 19.0. The zero-order valence-corrected chi connectivity index (χ0v) is 24.3. The van der Waals surface area contributed by atoms with Gasteiger partial charge < -0.3 is 14.9 Å². The molecule has 42 heavy (non-hydrogen) atoms. The maximum atomic E-state index is 13.9. The Bertz CT molecular complexity index is 1300. The molecule has 0 saturated carbocycles. The maximum Gasteiger partial charge on any atom is 0.416 e. The minimum Gasteiger partial charge on any atom is -0.390 e. The van der Waals surface area contributed by atoms with Crippen molar-refractivity contribution in [1.82, 2.24) is 9.80 Å². The van der Waals surface area contributed by atoms with E-state index in [9.17, 15) is 45.4 Å². The number of rotatable bonds is 6. The fourth-order valence-electron chi connectivity index (χ4n) is 5.50. The number of likely N-dealkylation sites (N-methyl/N-ethyl adjacent to an activating group) is 1. The van der Waals surface area contributed by atoms with Crippen LogP contribution >= 0.6 is 0 Å². The van der Waals surface area contributed by atoms with Crippen LogP contribution in [0.4, 0.5) is 30.7 Å². The molecular formula is C30H35F7N2O3. The van der Waals surface area contributed by atoms with Crippen LogP contribution in [-0.4, -0.2) is 58.5 Å². The smallest absolute Gasteiger partial charge is 0.390 e. The minimum absolute atomic E-state index is 0.0154. The average Bonchev–Trinajstić information content (AvgIpc) is 2.85. The van der Waals surface area contributed by atoms with Crippen LogP contribution in [0.1, 0.15) is 74.3 Å². The lowest BCUT2D eigenvalue weighted by Crippen LogP contribution is -2.55. The molecule has 2 aromatic rings. The van der Waals surface area contributed by atoms with E-state index in [0.717, 1.165) is 0 Å². The zero-order valence-electron chi connectivity index (χ0n) is 24.3. The first-order valence-corrected chi connectivity index (χ1v) is 13.4. The topological polar surface area (TPSA) is 60.9 Å². The van der Waals surface area contributed by atoms with Crippen molar-refractivity contribution in [2.24, 2.45) is 0 Å². The summed E-state index contributed by atoms with van der Waals surface area (Å²) >= 11 is 0. The van der Waals surface area contributed by atoms with Crippen molar-refractivity contribution in [2.45, 2.75) is 82.8 Å². The second-order valence-electron chi connectivity index (χ2n) is 12.1. The number of benzene rings is 2. The SMILES string of the molecule is Cc1cc(F)ccc1[C@H]1CN(C(=O)CC(C)(C)O)CC[C@@H]1N(C)C(=O)C(C)(C)c1cc(C(F)(F)F)cc(C(F)(F)F)c1. The van der Waals surface area contributed by atoms with Gasteiger partial charge in [0, 0.05) is 32.1 Å². The van der Waals surface area contributed by atoms with Gasteiger partial charge in [-0.25, -0.2) is 4.39 Å². The summed E-state index contributed by atoms with van der Waals surface area (Å²) in [5, 5.41) is 10.1. The molecule has 1 heterocycles. The number of carbonyl (C=O) groups excluding carboxylic acids is 2. The molecule has 1 aliphatic heterocycles. The lowest BCUT2D eigenvalue weighted by molar-refractivity contribution is -0.145. The van der Waals surface area contributed by atoms with Gasteiger partial charge in [-0.05, 0) is 88.1 Å². The predicted octanol–water partition coefficient (Wildman–Crippen LogP) is 6.45. The van der Waals surface area contributed by atoms with Crippen molar-refractivity contribution in [3.05, 3.63) is 70.0 Å². The van der Waals surface area contributed by atoms with Crippen LogP contribution in [0.3, 0.4) is 0 Å². The Morgan fingerprint density at radius 3 is 1.93 bits per heavy atom. The summed E-state index contributed by atoms with van der Waals surface area (Å²) < 4.78 is 95.2. The van der Waals surface area contributed by atoms with E-state index in [4.69, 9.17) is 0 Å². The highest BCUT2D eigenvalue weighted by Crippen LogP contribution is 2.41. The number of alkyl halides is 6. The Labute approximate surface area is 240 Å². The van der Waals surface area contributed by atoms with E-state index in [0.29, 0.717) is 23.3 Å². The lowest BCUT2D eigenvalue weighted by atomic mass is 9.78. The number of nitrogens with zero attached hydrogens (tertiary/aromatic N) is 2. The molecule has 1 fully saturated rings. The fourth-order valence-corrected chi connectivity index (χ4v) is 5.50. The number of hydrogen-bond acceptors (Lipinski definition) is 3. The molecule has 0 unspecified atom stereocenters. The van der Waals surface area contributed by atoms with E-state index < -0.39 is 63.7 Å². The number of aliphatic hydroxyl groups is 1. The first kappa shape index (κ1) is 33.4. The van der Waals surface area contributed by atoms with E-state index in [2.05, 4.69) is 0 Å². The zero-order chi connectivity index (χ0) is 32.0. The van der Waals surface area contributed by atoms with Crippen LogP contribution in [0.25, 0.3) is 0 Å². The van der Waals surface area contributed by atoms with E-state index in [-0.39, 0.29) is 37.9 Å². The second kappa shape index (κ2) is 11.5. The fraction of sp³-hybridized carbons (Fsp3) is 0.533. The highest BCUT2D eigenvalue weighted by atomic mass is 19.4. The summed E-state index contributed by atoms with van der Waals surface area (Å²) in [6, 6.07) is 4.59. The van der Waals surface area contributed by atoms with Crippen molar-refractivity contribution in [2.75, 3.05) is 20.1 Å². The quantitative estimate of drug-likeness (QED) is 0.386. The van der Waals surface area contributed by atoms with E-state index in [1.807, 2.05) is 0 Å². The molecule has 1 aliphatic rings. The summed E-state index contributed by atoms with van der Waals surface area (Å²) in [5.41, 5.74) is -5.37. The molecule has 0 bridgehead atoms. The van der Waals surface area contributed by atoms with Gasteiger partial charge in [0.1, 0.15) is 5.82 Å². The Balaban J connectivity index is 2.03. The van der Waals surface area contributed by atoms with Crippen LogP contribution in [0, 0.1) is 12.7 Å².